The van der Waals surface area contributed by atoms with Crippen molar-refractivity contribution in [2.45, 2.75) is 19.0 Å². The Morgan fingerprint density at radius 3 is 1.96 bits per heavy atom. The Morgan fingerprint density at radius 1 is 0.870 bits per heavy atom. The lowest BCUT2D eigenvalue weighted by atomic mass is 9.91. The zero-order chi connectivity index (χ0) is 16.0. The van der Waals surface area contributed by atoms with Crippen LogP contribution in [0.4, 0.5) is 5.69 Å². The van der Waals surface area contributed by atoms with Crippen molar-refractivity contribution in [3.05, 3.63) is 84.5 Å². The van der Waals surface area contributed by atoms with E-state index in [1.54, 1.807) is 18.2 Å². The number of phenolic OH excluding ortho intramolecular Hbond substituents is 1. The molecule has 4 nitrogen and oxygen atoms in total. The highest BCUT2D eigenvalue weighted by atomic mass is 16.3. The molecule has 0 aromatic heterocycles. The number of phenols is 1. The predicted octanol–water partition coefficient (Wildman–Crippen LogP) is 3.12. The SMILES string of the molecule is C.NC1(N)C=CC(c2ccccc2)C=C1.Nc1cccc(O)c1. The molecule has 0 saturated heterocycles. The van der Waals surface area contributed by atoms with Gasteiger partial charge in [-0.05, 0) is 29.8 Å². The molecule has 0 aliphatic heterocycles. The summed E-state index contributed by atoms with van der Waals surface area (Å²) in [7, 11) is 0. The van der Waals surface area contributed by atoms with Gasteiger partial charge in [-0.1, -0.05) is 56.0 Å². The molecular weight excluding hydrogens is 286 g/mol. The average Bonchev–Trinajstić information content (AvgIpc) is 2.48. The molecule has 1 aliphatic carbocycles. The molecule has 1 aliphatic rings. The van der Waals surface area contributed by atoms with Gasteiger partial charge in [-0.2, -0.15) is 0 Å². The minimum absolute atomic E-state index is 0. The van der Waals surface area contributed by atoms with Crippen LogP contribution in [0.1, 0.15) is 18.9 Å². The summed E-state index contributed by atoms with van der Waals surface area (Å²) in [5, 5.41) is 8.73. The Bertz CT molecular complexity index is 630. The summed E-state index contributed by atoms with van der Waals surface area (Å²) in [6.07, 6.45) is 7.75. The third-order valence-electron chi connectivity index (χ3n) is 3.24. The molecule has 0 heterocycles. The van der Waals surface area contributed by atoms with Crippen molar-refractivity contribution in [1.29, 1.82) is 0 Å². The molecule has 3 rings (SSSR count). The van der Waals surface area contributed by atoms with Crippen LogP contribution in [0.15, 0.2) is 78.9 Å². The number of anilines is 1. The minimum Gasteiger partial charge on any atom is -0.508 e. The van der Waals surface area contributed by atoms with Crippen LogP contribution < -0.4 is 17.2 Å². The lowest BCUT2D eigenvalue weighted by Crippen LogP contribution is -2.46. The van der Waals surface area contributed by atoms with Gasteiger partial charge in [-0.25, -0.2) is 0 Å². The second-order valence-corrected chi connectivity index (χ2v) is 5.25. The topological polar surface area (TPSA) is 98.3 Å². The first-order chi connectivity index (χ1) is 10.5. The number of allylic oxidation sites excluding steroid dienone is 2. The van der Waals surface area contributed by atoms with Gasteiger partial charge in [0, 0.05) is 17.7 Å². The second-order valence-electron chi connectivity index (χ2n) is 5.25. The largest absolute Gasteiger partial charge is 0.508 e. The molecule has 23 heavy (non-hydrogen) atoms. The molecule has 7 N–H and O–H groups in total. The number of hydrogen-bond donors (Lipinski definition) is 4. The van der Waals surface area contributed by atoms with Crippen molar-refractivity contribution in [1.82, 2.24) is 0 Å². The molecule has 4 heteroatoms. The zero-order valence-electron chi connectivity index (χ0n) is 12.3. The minimum atomic E-state index is -0.773. The summed E-state index contributed by atoms with van der Waals surface area (Å²) >= 11 is 0. The average molecular weight is 311 g/mol. The Labute approximate surface area is 137 Å². The highest BCUT2D eigenvalue weighted by Crippen LogP contribution is 2.23. The maximum absolute atomic E-state index is 8.73. The van der Waals surface area contributed by atoms with Crippen LogP contribution in [0.2, 0.25) is 0 Å². The third kappa shape index (κ3) is 5.98. The normalized spacial score (nSPS) is 15.2. The number of aromatic hydroxyl groups is 1. The van der Waals surface area contributed by atoms with E-state index in [4.69, 9.17) is 22.3 Å². The van der Waals surface area contributed by atoms with Crippen LogP contribution in [0.3, 0.4) is 0 Å². The summed E-state index contributed by atoms with van der Waals surface area (Å²) in [5.74, 6) is 0.515. The first-order valence-electron chi connectivity index (χ1n) is 7.02. The van der Waals surface area contributed by atoms with Gasteiger partial charge in [0.05, 0.1) is 0 Å². The van der Waals surface area contributed by atoms with Gasteiger partial charge < -0.3 is 22.3 Å². The van der Waals surface area contributed by atoms with E-state index in [9.17, 15) is 0 Å². The molecule has 122 valence electrons. The first-order valence-corrected chi connectivity index (χ1v) is 7.02. The van der Waals surface area contributed by atoms with Crippen LogP contribution in [-0.2, 0) is 0 Å². The van der Waals surface area contributed by atoms with E-state index < -0.39 is 5.66 Å². The lowest BCUT2D eigenvalue weighted by molar-refractivity contribution is 0.475. The maximum Gasteiger partial charge on any atom is 0.117 e. The molecule has 0 bridgehead atoms. The van der Waals surface area contributed by atoms with E-state index in [2.05, 4.69) is 12.1 Å². The van der Waals surface area contributed by atoms with Gasteiger partial charge in [0.2, 0.25) is 0 Å². The Kier molecular flexibility index (Phi) is 6.57. The Morgan fingerprint density at radius 2 is 1.48 bits per heavy atom. The first kappa shape index (κ1) is 18.5. The van der Waals surface area contributed by atoms with Gasteiger partial charge >= 0.3 is 0 Å². The molecule has 2 aromatic carbocycles. The summed E-state index contributed by atoms with van der Waals surface area (Å²) < 4.78 is 0. The van der Waals surface area contributed by atoms with Crippen LogP contribution in [0.5, 0.6) is 5.75 Å². The van der Waals surface area contributed by atoms with Crippen LogP contribution in [0, 0.1) is 0 Å². The maximum atomic E-state index is 8.73. The molecule has 0 unspecified atom stereocenters. The van der Waals surface area contributed by atoms with E-state index in [1.807, 2.05) is 42.5 Å². The summed E-state index contributed by atoms with van der Waals surface area (Å²) in [6.45, 7) is 0. The Balaban J connectivity index is 0.000000253. The standard InChI is InChI=1S/C12H14N2.C6H7NO.CH4/c13-12(14)8-6-11(7-9-12)10-4-2-1-3-5-10;7-5-2-1-3-6(8)4-5;/h1-9,11H,13-14H2;1-4,8H,7H2;1H4. The van der Waals surface area contributed by atoms with Crippen molar-refractivity contribution in [2.24, 2.45) is 11.5 Å². The fourth-order valence-electron chi connectivity index (χ4n) is 2.08. The number of rotatable bonds is 1. The molecule has 0 amide bonds. The third-order valence-corrected chi connectivity index (χ3v) is 3.24. The van der Waals surface area contributed by atoms with Crippen molar-refractivity contribution in [3.8, 4) is 5.75 Å². The van der Waals surface area contributed by atoms with Gasteiger partial charge in [0.1, 0.15) is 11.4 Å². The van der Waals surface area contributed by atoms with Gasteiger partial charge in [0.25, 0.3) is 0 Å². The fraction of sp³-hybridized carbons (Fsp3) is 0.158. The smallest absolute Gasteiger partial charge is 0.117 e. The van der Waals surface area contributed by atoms with Crippen molar-refractivity contribution in [3.63, 3.8) is 0 Å². The molecule has 0 spiro atoms. The Hall–Kier alpha value is -2.56. The highest BCUT2D eigenvalue weighted by molar-refractivity contribution is 5.42. The van der Waals surface area contributed by atoms with E-state index >= 15 is 0 Å². The number of nitrogens with two attached hydrogens (primary N) is 3. The van der Waals surface area contributed by atoms with Gasteiger partial charge in [-0.15, -0.1) is 0 Å². The predicted molar refractivity (Wildman–Crippen MR) is 97.8 cm³/mol. The zero-order valence-corrected chi connectivity index (χ0v) is 12.3. The molecular formula is C19H25N3O. The summed E-state index contributed by atoms with van der Waals surface area (Å²) in [5.41, 5.74) is 17.8. The van der Waals surface area contributed by atoms with Gasteiger partial charge in [-0.3, -0.25) is 0 Å². The molecule has 2 aromatic rings. The number of hydrogen-bond acceptors (Lipinski definition) is 4. The lowest BCUT2D eigenvalue weighted by Gasteiger charge is -2.22. The highest BCUT2D eigenvalue weighted by Gasteiger charge is 2.16. The van der Waals surface area contributed by atoms with Crippen molar-refractivity contribution in [2.75, 3.05) is 5.73 Å². The second kappa shape index (κ2) is 8.17. The molecule has 0 fully saturated rings. The van der Waals surface area contributed by atoms with Crippen LogP contribution >= 0.6 is 0 Å². The van der Waals surface area contributed by atoms with Crippen LogP contribution in [-0.4, -0.2) is 10.8 Å². The molecule has 0 radical (unpaired) electrons. The van der Waals surface area contributed by atoms with E-state index in [0.29, 0.717) is 11.6 Å². The van der Waals surface area contributed by atoms with E-state index in [0.717, 1.165) is 0 Å². The van der Waals surface area contributed by atoms with Crippen molar-refractivity contribution >= 4 is 5.69 Å². The summed E-state index contributed by atoms with van der Waals surface area (Å²) in [6, 6.07) is 16.8. The quantitative estimate of drug-likeness (QED) is 0.369. The summed E-state index contributed by atoms with van der Waals surface area (Å²) in [4.78, 5) is 0. The van der Waals surface area contributed by atoms with Crippen LogP contribution in [0.25, 0.3) is 0 Å². The molecule has 0 saturated carbocycles. The monoisotopic (exact) mass is 311 g/mol. The fourth-order valence-corrected chi connectivity index (χ4v) is 2.08. The van der Waals surface area contributed by atoms with Crippen molar-refractivity contribution < 1.29 is 5.11 Å². The number of benzene rings is 2. The van der Waals surface area contributed by atoms with Gasteiger partial charge in [0.15, 0.2) is 0 Å². The van der Waals surface area contributed by atoms with E-state index in [1.165, 1.54) is 11.6 Å². The molecule has 0 atom stereocenters. The number of nitrogen functional groups attached to an aromatic ring is 1. The van der Waals surface area contributed by atoms with E-state index in [-0.39, 0.29) is 13.2 Å².